The molecule has 0 saturated heterocycles. The summed E-state index contributed by atoms with van der Waals surface area (Å²) in [6.07, 6.45) is -6.33. The molecular weight excluding hydrogens is 1470 g/mol. The molecule has 0 aliphatic heterocycles. The van der Waals surface area contributed by atoms with Crippen molar-refractivity contribution in [2.24, 2.45) is 0 Å². The summed E-state index contributed by atoms with van der Waals surface area (Å²) in [4.78, 5) is 109. The van der Waals surface area contributed by atoms with Gasteiger partial charge in [-0.25, -0.2) is 38.4 Å². The summed E-state index contributed by atoms with van der Waals surface area (Å²) in [5, 5.41) is 0. The van der Waals surface area contributed by atoms with E-state index in [9.17, 15) is 38.4 Å². The van der Waals surface area contributed by atoms with Gasteiger partial charge in [-0.1, -0.05) is 0 Å². The Morgan fingerprint density at radius 2 is 0.348 bits per heavy atom. The van der Waals surface area contributed by atoms with Gasteiger partial charge >= 0.3 is 47.8 Å². The number of benzene rings is 8. The molecule has 8 aromatic rings. The zero-order valence-electron chi connectivity index (χ0n) is 64.1. The van der Waals surface area contributed by atoms with Crippen LogP contribution in [0.4, 0.5) is 0 Å². The maximum Gasteiger partial charge on any atom is 0.338 e. The predicted octanol–water partition coefficient (Wildman–Crippen LogP) is 10.4. The molecule has 0 amide bonds. The lowest BCUT2D eigenvalue weighted by molar-refractivity contribution is -0.0753. The zero-order chi connectivity index (χ0) is 81.6. The van der Waals surface area contributed by atoms with E-state index in [4.69, 9.17) is 114 Å². The molecule has 0 spiro atoms. The van der Waals surface area contributed by atoms with E-state index in [0.29, 0.717) is 46.0 Å². The van der Waals surface area contributed by atoms with Gasteiger partial charge in [0.25, 0.3) is 0 Å². The molecule has 0 aliphatic carbocycles. The van der Waals surface area contributed by atoms with Gasteiger partial charge in [-0.05, 0) is 121 Å². The molecule has 0 bridgehead atoms. The number of rotatable bonds is 38. The summed E-state index contributed by atoms with van der Waals surface area (Å²) in [7, 11) is 22.5. The van der Waals surface area contributed by atoms with E-state index in [1.807, 2.05) is 0 Å². The summed E-state index contributed by atoms with van der Waals surface area (Å²) >= 11 is 0. The van der Waals surface area contributed by atoms with Crippen LogP contribution in [0, 0.1) is 0 Å². The minimum atomic E-state index is -1.60. The van der Waals surface area contributed by atoms with Crippen molar-refractivity contribution in [2.45, 2.75) is 24.4 Å². The molecule has 4 atom stereocenters. The summed E-state index contributed by atoms with van der Waals surface area (Å²) in [5.41, 5.74) is 0.129. The van der Waals surface area contributed by atoms with Crippen molar-refractivity contribution in [3.8, 4) is 92.0 Å². The van der Waals surface area contributed by atoms with Crippen LogP contribution in [0.25, 0.3) is 0 Å². The highest BCUT2D eigenvalue weighted by atomic mass is 16.6. The Morgan fingerprint density at radius 1 is 0.188 bits per heavy atom. The van der Waals surface area contributed by atoms with Crippen LogP contribution in [-0.4, -0.2) is 212 Å². The first-order valence-corrected chi connectivity index (χ1v) is 33.3. The van der Waals surface area contributed by atoms with Crippen LogP contribution in [0.2, 0.25) is 0 Å². The van der Waals surface area contributed by atoms with Crippen molar-refractivity contribution in [2.75, 3.05) is 140 Å². The van der Waals surface area contributed by atoms with Gasteiger partial charge in [-0.2, -0.15) is 0 Å². The largest absolute Gasteiger partial charge is 0.497 e. The van der Waals surface area contributed by atoms with Crippen molar-refractivity contribution < 1.29 is 152 Å². The van der Waals surface area contributed by atoms with E-state index in [-0.39, 0.29) is 90.5 Å². The average molecular weight is 1560 g/mol. The second kappa shape index (κ2) is 42.2. The monoisotopic (exact) mass is 1560 g/mol. The van der Waals surface area contributed by atoms with Crippen LogP contribution >= 0.6 is 0 Å². The minimum absolute atomic E-state index is 0.00570. The lowest BCUT2D eigenvalue weighted by Crippen LogP contribution is -2.42. The molecule has 8 rings (SSSR count). The second-order valence-corrected chi connectivity index (χ2v) is 22.9. The van der Waals surface area contributed by atoms with Gasteiger partial charge in [0.2, 0.25) is 0 Å². The van der Waals surface area contributed by atoms with Gasteiger partial charge in [-0.15, -0.1) is 0 Å². The van der Waals surface area contributed by atoms with Gasteiger partial charge in [0.15, 0.2) is 70.4 Å². The number of carbonyl (C=O) groups is 8. The highest BCUT2D eigenvalue weighted by Crippen LogP contribution is 2.35. The van der Waals surface area contributed by atoms with Gasteiger partial charge in [0.1, 0.15) is 72.4 Å². The van der Waals surface area contributed by atoms with Crippen molar-refractivity contribution >= 4 is 47.8 Å². The molecule has 0 radical (unpaired) electrons. The standard InChI is InChI=1S/2C40H42O16/c1-45-27-9-23(10-28(17-27)46-2)37(41)53-21-35(55-39(43)25-13-31(49-5)19-32(14-25)50-6)36(56-40(44)26-15-33(51-7)20-34(16-26)52-8)22-54-38(42)24-11-29(47-3)18-30(12-24)48-4;1-45-27-13-9-23(17-31(27)49-5)37(41)53-21-35(55-39(43)25-11-15-29(47-3)33(19-25)51-7)36(56-40(44)26-12-16-30(48-4)34(20-26)52-8)22-54-38(42)24-10-14-28(46-2)32(18-24)50-6/h2*9-20,35-36H,21-22H2,1-8H3. The normalized spacial score (nSPS) is 11.5. The molecule has 32 nitrogen and oxygen atoms in total. The number of carbonyl (C=O) groups excluding carboxylic acids is 8. The van der Waals surface area contributed by atoms with Crippen LogP contribution in [0.3, 0.4) is 0 Å². The van der Waals surface area contributed by atoms with E-state index in [0.717, 1.165) is 0 Å². The molecule has 596 valence electrons. The van der Waals surface area contributed by atoms with Gasteiger partial charge in [-0.3, -0.25) is 0 Å². The van der Waals surface area contributed by atoms with Gasteiger partial charge in [0.05, 0.1) is 158 Å². The Kier molecular flexibility index (Phi) is 32.2. The molecule has 0 saturated carbocycles. The Bertz CT molecular complexity index is 4210. The number of esters is 8. The summed E-state index contributed by atoms with van der Waals surface area (Å²) < 4.78 is 131. The van der Waals surface area contributed by atoms with Crippen LogP contribution in [0.5, 0.6) is 92.0 Å². The smallest absolute Gasteiger partial charge is 0.338 e. The molecule has 0 heterocycles. The Labute approximate surface area is 644 Å². The van der Waals surface area contributed by atoms with E-state index >= 15 is 0 Å². The molecule has 112 heavy (non-hydrogen) atoms. The second-order valence-electron chi connectivity index (χ2n) is 22.9. The molecular formula is C80H84O32. The Hall–Kier alpha value is -13.7. The first-order chi connectivity index (χ1) is 54.0. The number of methoxy groups -OCH3 is 16. The van der Waals surface area contributed by atoms with Gasteiger partial charge in [0, 0.05) is 24.3 Å². The molecule has 0 aromatic heterocycles. The number of hydrogen-bond acceptors (Lipinski definition) is 32. The van der Waals surface area contributed by atoms with Crippen molar-refractivity contribution in [3.05, 3.63) is 190 Å². The Balaban J connectivity index is 0.000000311. The molecule has 0 fully saturated rings. The summed E-state index contributed by atoms with van der Waals surface area (Å²) in [6.45, 7) is -2.75. The quantitative estimate of drug-likeness (QED) is 0.0256. The molecule has 0 N–H and O–H groups in total. The topological polar surface area (TPSA) is 358 Å². The molecule has 32 heteroatoms. The maximum atomic E-state index is 13.8. The molecule has 0 aliphatic rings. The fraction of sp³-hybridized carbons (Fsp3) is 0.300. The predicted molar refractivity (Wildman–Crippen MR) is 394 cm³/mol. The highest BCUT2D eigenvalue weighted by Gasteiger charge is 2.36. The van der Waals surface area contributed by atoms with E-state index in [1.165, 1.54) is 235 Å². The maximum absolute atomic E-state index is 13.8. The third-order valence-electron chi connectivity index (χ3n) is 16.2. The van der Waals surface area contributed by atoms with Gasteiger partial charge < -0.3 is 114 Å². The molecule has 8 aromatic carbocycles. The third kappa shape index (κ3) is 23.2. The van der Waals surface area contributed by atoms with Crippen molar-refractivity contribution in [1.29, 1.82) is 0 Å². The number of ether oxygens (including phenoxy) is 24. The average Bonchev–Trinajstić information content (AvgIpc) is 0.833. The highest BCUT2D eigenvalue weighted by molar-refractivity contribution is 5.95. The van der Waals surface area contributed by atoms with E-state index in [1.54, 1.807) is 24.3 Å². The minimum Gasteiger partial charge on any atom is -0.497 e. The van der Waals surface area contributed by atoms with Crippen LogP contribution in [0.1, 0.15) is 82.9 Å². The first-order valence-electron chi connectivity index (χ1n) is 33.3. The third-order valence-corrected chi connectivity index (χ3v) is 16.2. The van der Waals surface area contributed by atoms with Crippen LogP contribution in [-0.2, 0) is 37.9 Å². The van der Waals surface area contributed by atoms with E-state index < -0.39 is 98.6 Å². The fourth-order valence-electron chi connectivity index (χ4n) is 10.2. The zero-order valence-corrected chi connectivity index (χ0v) is 64.1. The van der Waals surface area contributed by atoms with E-state index in [2.05, 4.69) is 0 Å². The Morgan fingerprint density at radius 3 is 0.527 bits per heavy atom. The lowest BCUT2D eigenvalue weighted by atomic mass is 10.1. The summed E-state index contributed by atoms with van der Waals surface area (Å²) in [5.74, 6) is -2.63. The fourth-order valence-corrected chi connectivity index (χ4v) is 10.2. The summed E-state index contributed by atoms with van der Waals surface area (Å²) in [6, 6.07) is 34.6. The van der Waals surface area contributed by atoms with Crippen molar-refractivity contribution in [3.63, 3.8) is 0 Å². The van der Waals surface area contributed by atoms with Crippen LogP contribution < -0.4 is 75.8 Å². The lowest BCUT2D eigenvalue weighted by Gasteiger charge is -2.27. The number of hydrogen-bond donors (Lipinski definition) is 0. The molecule has 4 unspecified atom stereocenters. The SMILES string of the molecule is COc1cc(OC)cc(C(=O)OCC(OC(=O)c2cc(OC)cc(OC)c2)C(COC(=O)c2cc(OC)cc(OC)c2)OC(=O)c2cc(OC)cc(OC)c2)c1.COc1ccc(C(=O)OCC(OC(=O)c2ccc(OC)c(OC)c2)C(COC(=O)c2ccc(OC)c(OC)c2)OC(=O)c2ccc(OC)c(OC)c2)cc1OC. The van der Waals surface area contributed by atoms with Crippen molar-refractivity contribution in [1.82, 2.24) is 0 Å². The van der Waals surface area contributed by atoms with Crippen LogP contribution in [0.15, 0.2) is 146 Å². The first kappa shape index (κ1) is 85.6.